The first-order valence-electron chi connectivity index (χ1n) is 5.41. The zero-order chi connectivity index (χ0) is 11.8. The molecule has 88 valence electrons. The van der Waals surface area contributed by atoms with Gasteiger partial charge in [-0.15, -0.1) is 0 Å². The van der Waals surface area contributed by atoms with Gasteiger partial charge in [0.15, 0.2) is 5.43 Å². The van der Waals surface area contributed by atoms with Crippen LogP contribution in [0.2, 0.25) is 0 Å². The number of aromatic amines is 1. The fraction of sp³-hybridized carbons (Fsp3) is 0.455. The number of nitrogens with one attached hydrogen (secondary N) is 3. The van der Waals surface area contributed by atoms with Crippen LogP contribution < -0.4 is 16.1 Å². The molecule has 0 saturated carbocycles. The molecular formula is C11H17N3O2. The number of pyridine rings is 1. The van der Waals surface area contributed by atoms with E-state index < -0.39 is 0 Å². The van der Waals surface area contributed by atoms with Crippen LogP contribution in [0.4, 0.5) is 0 Å². The molecule has 0 aliphatic rings. The van der Waals surface area contributed by atoms with Crippen molar-refractivity contribution >= 4 is 5.91 Å². The Morgan fingerprint density at radius 1 is 1.38 bits per heavy atom. The molecule has 0 radical (unpaired) electrons. The first kappa shape index (κ1) is 12.4. The van der Waals surface area contributed by atoms with Gasteiger partial charge >= 0.3 is 0 Å². The highest BCUT2D eigenvalue weighted by molar-refractivity contribution is 5.93. The summed E-state index contributed by atoms with van der Waals surface area (Å²) in [5.41, 5.74) is -0.115. The number of carbonyl (C=O) groups excluding carboxylic acids is 1. The van der Waals surface area contributed by atoms with E-state index in [9.17, 15) is 9.59 Å². The SMILES string of the molecule is CCCNCCNC(=O)c1c[nH]ccc1=O. The largest absolute Gasteiger partial charge is 0.367 e. The van der Waals surface area contributed by atoms with Gasteiger partial charge in [-0.05, 0) is 13.0 Å². The molecule has 0 aromatic carbocycles. The molecule has 0 unspecified atom stereocenters. The minimum atomic E-state index is -0.333. The standard InChI is InChI=1S/C11H17N3O2/c1-2-4-12-6-7-14-11(16)9-8-13-5-3-10(9)15/h3,5,8,12H,2,4,6-7H2,1H3,(H,13,15)(H,14,16). The average molecular weight is 223 g/mol. The predicted molar refractivity (Wildman–Crippen MR) is 62.6 cm³/mol. The molecule has 1 heterocycles. The third kappa shape index (κ3) is 3.86. The van der Waals surface area contributed by atoms with Gasteiger partial charge in [-0.1, -0.05) is 6.92 Å². The second-order valence-electron chi connectivity index (χ2n) is 3.43. The smallest absolute Gasteiger partial charge is 0.256 e. The normalized spacial score (nSPS) is 10.1. The number of carbonyl (C=O) groups is 1. The molecular weight excluding hydrogens is 206 g/mol. The van der Waals surface area contributed by atoms with E-state index in [0.717, 1.165) is 13.0 Å². The maximum Gasteiger partial charge on any atom is 0.256 e. The molecule has 1 amide bonds. The van der Waals surface area contributed by atoms with Crippen LogP contribution in [-0.2, 0) is 0 Å². The molecule has 5 nitrogen and oxygen atoms in total. The first-order chi connectivity index (χ1) is 7.75. The maximum absolute atomic E-state index is 11.5. The number of hydrogen-bond donors (Lipinski definition) is 3. The van der Waals surface area contributed by atoms with Crippen molar-refractivity contribution in [2.45, 2.75) is 13.3 Å². The summed E-state index contributed by atoms with van der Waals surface area (Å²) < 4.78 is 0. The van der Waals surface area contributed by atoms with Gasteiger partial charge < -0.3 is 15.6 Å². The van der Waals surface area contributed by atoms with Crippen molar-refractivity contribution in [1.29, 1.82) is 0 Å². The second-order valence-corrected chi connectivity index (χ2v) is 3.43. The Bertz CT molecular complexity index is 387. The molecule has 1 aromatic heterocycles. The lowest BCUT2D eigenvalue weighted by Crippen LogP contribution is -2.34. The second kappa shape index (κ2) is 6.79. The van der Waals surface area contributed by atoms with Crippen molar-refractivity contribution in [3.8, 4) is 0 Å². The molecule has 3 N–H and O–H groups in total. The van der Waals surface area contributed by atoms with E-state index in [-0.39, 0.29) is 16.9 Å². The van der Waals surface area contributed by atoms with E-state index >= 15 is 0 Å². The van der Waals surface area contributed by atoms with E-state index in [4.69, 9.17) is 0 Å². The zero-order valence-electron chi connectivity index (χ0n) is 9.38. The highest BCUT2D eigenvalue weighted by Crippen LogP contribution is 1.86. The minimum Gasteiger partial charge on any atom is -0.367 e. The lowest BCUT2D eigenvalue weighted by Gasteiger charge is -2.05. The summed E-state index contributed by atoms with van der Waals surface area (Å²) in [5.74, 6) is -0.333. The number of amides is 1. The third-order valence-corrected chi connectivity index (χ3v) is 2.08. The zero-order valence-corrected chi connectivity index (χ0v) is 9.38. The molecule has 0 spiro atoms. The molecule has 0 atom stereocenters. The number of hydrogen-bond acceptors (Lipinski definition) is 3. The molecule has 5 heteroatoms. The Morgan fingerprint density at radius 3 is 2.88 bits per heavy atom. The van der Waals surface area contributed by atoms with E-state index in [2.05, 4.69) is 22.5 Å². The highest BCUT2D eigenvalue weighted by atomic mass is 16.2. The highest BCUT2D eigenvalue weighted by Gasteiger charge is 2.07. The van der Waals surface area contributed by atoms with Gasteiger partial charge in [0.2, 0.25) is 0 Å². The molecule has 0 saturated heterocycles. The van der Waals surface area contributed by atoms with Crippen LogP contribution in [0, 0.1) is 0 Å². The molecule has 16 heavy (non-hydrogen) atoms. The average Bonchev–Trinajstić information content (AvgIpc) is 2.29. The summed E-state index contributed by atoms with van der Waals surface area (Å²) in [6.45, 7) is 4.24. The van der Waals surface area contributed by atoms with Gasteiger partial charge in [-0.2, -0.15) is 0 Å². The monoisotopic (exact) mass is 223 g/mol. The van der Waals surface area contributed by atoms with Crippen molar-refractivity contribution in [3.63, 3.8) is 0 Å². The van der Waals surface area contributed by atoms with Gasteiger partial charge in [-0.25, -0.2) is 0 Å². The fourth-order valence-electron chi connectivity index (χ4n) is 1.26. The van der Waals surface area contributed by atoms with E-state index in [1.807, 2.05) is 0 Å². The van der Waals surface area contributed by atoms with Crippen LogP contribution in [0.25, 0.3) is 0 Å². The van der Waals surface area contributed by atoms with Gasteiger partial charge in [0.25, 0.3) is 5.91 Å². The van der Waals surface area contributed by atoms with E-state index in [0.29, 0.717) is 13.1 Å². The molecule has 1 rings (SSSR count). The van der Waals surface area contributed by atoms with Crippen molar-refractivity contribution in [3.05, 3.63) is 34.2 Å². The van der Waals surface area contributed by atoms with E-state index in [1.54, 1.807) is 0 Å². The van der Waals surface area contributed by atoms with E-state index in [1.165, 1.54) is 18.5 Å². The molecule has 0 aliphatic carbocycles. The minimum absolute atomic E-state index is 0.151. The summed E-state index contributed by atoms with van der Waals surface area (Å²) in [6, 6.07) is 1.34. The summed E-state index contributed by atoms with van der Waals surface area (Å²) in [7, 11) is 0. The summed E-state index contributed by atoms with van der Waals surface area (Å²) in [6.07, 6.45) is 3.98. The Morgan fingerprint density at radius 2 is 2.19 bits per heavy atom. The summed E-state index contributed by atoms with van der Waals surface area (Å²) in [5, 5.41) is 5.83. The van der Waals surface area contributed by atoms with Crippen LogP contribution in [0.15, 0.2) is 23.3 Å². The topological polar surface area (TPSA) is 74.0 Å². The van der Waals surface area contributed by atoms with Crippen molar-refractivity contribution in [2.75, 3.05) is 19.6 Å². The van der Waals surface area contributed by atoms with Crippen LogP contribution in [0.5, 0.6) is 0 Å². The number of rotatable bonds is 6. The third-order valence-electron chi connectivity index (χ3n) is 2.08. The first-order valence-corrected chi connectivity index (χ1v) is 5.41. The van der Waals surface area contributed by atoms with Gasteiger partial charge in [0.05, 0.1) is 0 Å². The summed E-state index contributed by atoms with van der Waals surface area (Å²) >= 11 is 0. The van der Waals surface area contributed by atoms with Gasteiger partial charge in [0.1, 0.15) is 5.56 Å². The predicted octanol–water partition coefficient (Wildman–Crippen LogP) is 0.104. The van der Waals surface area contributed by atoms with Crippen molar-refractivity contribution in [1.82, 2.24) is 15.6 Å². The molecule has 0 aliphatic heterocycles. The lowest BCUT2D eigenvalue weighted by atomic mass is 10.2. The molecule has 1 aromatic rings. The van der Waals surface area contributed by atoms with Crippen molar-refractivity contribution in [2.24, 2.45) is 0 Å². The lowest BCUT2D eigenvalue weighted by molar-refractivity contribution is 0.0952. The molecule has 0 fully saturated rings. The number of aromatic nitrogens is 1. The van der Waals surface area contributed by atoms with Gasteiger partial charge in [-0.3, -0.25) is 9.59 Å². The van der Waals surface area contributed by atoms with Crippen LogP contribution in [0.1, 0.15) is 23.7 Å². The number of H-pyrrole nitrogens is 1. The Labute approximate surface area is 94.3 Å². The quantitative estimate of drug-likeness (QED) is 0.599. The Hall–Kier alpha value is -1.62. The van der Waals surface area contributed by atoms with Crippen LogP contribution in [-0.4, -0.2) is 30.5 Å². The Balaban J connectivity index is 2.36. The molecule has 0 bridgehead atoms. The fourth-order valence-corrected chi connectivity index (χ4v) is 1.26. The van der Waals surface area contributed by atoms with Crippen molar-refractivity contribution < 1.29 is 4.79 Å². The summed E-state index contributed by atoms with van der Waals surface area (Å²) in [4.78, 5) is 25.6. The maximum atomic E-state index is 11.5. The van der Waals surface area contributed by atoms with Crippen LogP contribution in [0.3, 0.4) is 0 Å². The van der Waals surface area contributed by atoms with Crippen LogP contribution >= 0.6 is 0 Å². The Kier molecular flexibility index (Phi) is 5.28. The van der Waals surface area contributed by atoms with Gasteiger partial charge in [0, 0.05) is 31.5 Å².